The van der Waals surface area contributed by atoms with Crippen LogP contribution in [0.15, 0.2) is 12.2 Å². The minimum absolute atomic E-state index is 0.0458. The highest BCUT2D eigenvalue weighted by Crippen LogP contribution is 2.16. The largest absolute Gasteiger partial charge is 0.353 e. The summed E-state index contributed by atoms with van der Waals surface area (Å²) in [6, 6.07) is -0.370. The van der Waals surface area contributed by atoms with Crippen molar-refractivity contribution in [2.75, 3.05) is 13.1 Å². The maximum absolute atomic E-state index is 12.3. The van der Waals surface area contributed by atoms with Crippen molar-refractivity contribution in [2.45, 2.75) is 45.2 Å². The number of hydrogen-bond donors (Lipinski definition) is 2. The van der Waals surface area contributed by atoms with Gasteiger partial charge in [0, 0.05) is 19.1 Å². The number of carbonyl (C=O) groups excluding carboxylic acids is 2. The van der Waals surface area contributed by atoms with E-state index in [9.17, 15) is 9.59 Å². The predicted octanol–water partition coefficient (Wildman–Crippen LogP) is 1.26. The maximum Gasteiger partial charge on any atom is 0.318 e. The highest BCUT2D eigenvalue weighted by molar-refractivity contribution is 5.88. The Morgan fingerprint density at radius 2 is 2.32 bits per heavy atom. The van der Waals surface area contributed by atoms with Crippen molar-refractivity contribution < 1.29 is 9.59 Å². The molecule has 1 heterocycles. The van der Waals surface area contributed by atoms with Crippen LogP contribution < -0.4 is 10.6 Å². The van der Waals surface area contributed by atoms with Crippen LogP contribution in [0.1, 0.15) is 33.1 Å². The van der Waals surface area contributed by atoms with E-state index < -0.39 is 0 Å². The Morgan fingerprint density at radius 3 is 2.95 bits per heavy atom. The Labute approximate surface area is 114 Å². The van der Waals surface area contributed by atoms with E-state index in [1.54, 1.807) is 4.90 Å². The molecule has 0 aromatic heterocycles. The lowest BCUT2D eigenvalue weighted by molar-refractivity contribution is -0.129. The molecule has 0 saturated carbocycles. The highest BCUT2D eigenvalue weighted by atomic mass is 16.2. The molecule has 1 fully saturated rings. The molecular weight excluding hydrogens is 242 g/mol. The molecule has 2 rings (SSSR count). The topological polar surface area (TPSA) is 61.4 Å². The van der Waals surface area contributed by atoms with E-state index in [4.69, 9.17) is 0 Å². The van der Waals surface area contributed by atoms with Gasteiger partial charge in [0.1, 0.15) is 6.04 Å². The first-order valence-corrected chi connectivity index (χ1v) is 7.11. The van der Waals surface area contributed by atoms with E-state index in [2.05, 4.69) is 22.8 Å². The summed E-state index contributed by atoms with van der Waals surface area (Å²) < 4.78 is 0. The summed E-state index contributed by atoms with van der Waals surface area (Å²) in [5.41, 5.74) is 0. The van der Waals surface area contributed by atoms with Crippen molar-refractivity contribution >= 4 is 11.9 Å². The number of piperazine rings is 1. The second-order valence-electron chi connectivity index (χ2n) is 5.59. The maximum atomic E-state index is 12.3. The lowest BCUT2D eigenvalue weighted by atomic mass is 9.99. The van der Waals surface area contributed by atoms with Crippen LogP contribution in [0, 0.1) is 5.92 Å². The van der Waals surface area contributed by atoms with Gasteiger partial charge in [0.2, 0.25) is 5.91 Å². The summed E-state index contributed by atoms with van der Waals surface area (Å²) in [6.45, 7) is 5.06. The number of urea groups is 1. The third kappa shape index (κ3) is 3.28. The van der Waals surface area contributed by atoms with E-state index in [1.165, 1.54) is 0 Å². The highest BCUT2D eigenvalue weighted by Gasteiger charge is 2.35. The fourth-order valence-electron chi connectivity index (χ4n) is 2.75. The van der Waals surface area contributed by atoms with E-state index in [0.717, 1.165) is 19.3 Å². The van der Waals surface area contributed by atoms with E-state index in [-0.39, 0.29) is 29.9 Å². The second-order valence-corrected chi connectivity index (χ2v) is 5.59. The first-order chi connectivity index (χ1) is 9.09. The number of nitrogens with one attached hydrogen (secondary N) is 2. The molecule has 0 aromatic carbocycles. The van der Waals surface area contributed by atoms with Crippen molar-refractivity contribution in [3.8, 4) is 0 Å². The molecule has 5 heteroatoms. The number of rotatable bonds is 2. The lowest BCUT2D eigenvalue weighted by Crippen LogP contribution is -2.61. The number of allylic oxidation sites excluding steroid dienone is 1. The van der Waals surface area contributed by atoms with Gasteiger partial charge in [-0.15, -0.1) is 0 Å². The molecule has 1 saturated heterocycles. The summed E-state index contributed by atoms with van der Waals surface area (Å²) in [5, 5.41) is 5.84. The van der Waals surface area contributed by atoms with Crippen LogP contribution >= 0.6 is 0 Å². The zero-order valence-electron chi connectivity index (χ0n) is 11.7. The molecule has 3 amide bonds. The monoisotopic (exact) mass is 265 g/mol. The van der Waals surface area contributed by atoms with Gasteiger partial charge in [-0.2, -0.15) is 0 Å². The van der Waals surface area contributed by atoms with Crippen molar-refractivity contribution in [1.29, 1.82) is 0 Å². The third-order valence-electron chi connectivity index (χ3n) is 3.71. The first-order valence-electron chi connectivity index (χ1n) is 7.11. The Hall–Kier alpha value is -1.52. The van der Waals surface area contributed by atoms with Crippen molar-refractivity contribution in [2.24, 2.45) is 5.92 Å². The summed E-state index contributed by atoms with van der Waals surface area (Å²) >= 11 is 0. The normalized spacial score (nSPS) is 27.3. The standard InChI is InChI=1S/C14H23N3O2/c1-10(2)12-13(18)15-8-9-17(12)14(19)16-11-6-4-3-5-7-11/h4,6,10-12H,3,5,7-9H2,1-2H3,(H,15,18)(H,16,19)/t11-,12+/m1/s1. The summed E-state index contributed by atoms with van der Waals surface area (Å²) in [5.74, 6) is 0.0727. The van der Waals surface area contributed by atoms with Crippen LogP contribution in [0.25, 0.3) is 0 Å². The van der Waals surface area contributed by atoms with Crippen molar-refractivity contribution in [3.63, 3.8) is 0 Å². The van der Waals surface area contributed by atoms with Gasteiger partial charge in [-0.1, -0.05) is 26.0 Å². The Bertz CT molecular complexity index is 379. The molecule has 19 heavy (non-hydrogen) atoms. The zero-order chi connectivity index (χ0) is 13.8. The van der Waals surface area contributed by atoms with Crippen LogP contribution in [-0.2, 0) is 4.79 Å². The molecule has 1 aliphatic carbocycles. The number of hydrogen-bond acceptors (Lipinski definition) is 2. The molecule has 106 valence electrons. The summed E-state index contributed by atoms with van der Waals surface area (Å²) in [4.78, 5) is 25.9. The SMILES string of the molecule is CC(C)[C@H]1C(=O)NCCN1C(=O)N[C@@H]1C=CCCC1. The lowest BCUT2D eigenvalue weighted by Gasteiger charge is -2.38. The molecule has 5 nitrogen and oxygen atoms in total. The van der Waals surface area contributed by atoms with Crippen LogP contribution in [0.3, 0.4) is 0 Å². The van der Waals surface area contributed by atoms with Crippen molar-refractivity contribution in [1.82, 2.24) is 15.5 Å². The third-order valence-corrected chi connectivity index (χ3v) is 3.71. The molecule has 0 radical (unpaired) electrons. The van der Waals surface area contributed by atoms with Gasteiger partial charge in [0.15, 0.2) is 0 Å². The first kappa shape index (κ1) is 13.9. The summed E-state index contributed by atoms with van der Waals surface area (Å²) in [7, 11) is 0. The minimum atomic E-state index is -0.360. The predicted molar refractivity (Wildman–Crippen MR) is 73.7 cm³/mol. The van der Waals surface area contributed by atoms with Gasteiger partial charge < -0.3 is 15.5 Å². The van der Waals surface area contributed by atoms with Gasteiger partial charge in [0.05, 0.1) is 0 Å². The molecule has 0 spiro atoms. The zero-order valence-corrected chi connectivity index (χ0v) is 11.7. The van der Waals surface area contributed by atoms with Crippen LogP contribution in [-0.4, -0.2) is 42.0 Å². The molecule has 2 atom stereocenters. The molecule has 0 bridgehead atoms. The van der Waals surface area contributed by atoms with E-state index in [1.807, 2.05) is 13.8 Å². The fraction of sp³-hybridized carbons (Fsp3) is 0.714. The quantitative estimate of drug-likeness (QED) is 0.738. The average molecular weight is 265 g/mol. The van der Waals surface area contributed by atoms with Gasteiger partial charge in [-0.3, -0.25) is 4.79 Å². The average Bonchev–Trinajstić information content (AvgIpc) is 2.39. The molecule has 2 N–H and O–H groups in total. The molecule has 0 unspecified atom stereocenters. The van der Waals surface area contributed by atoms with Crippen LogP contribution in [0.4, 0.5) is 4.79 Å². The number of amides is 3. The molecular formula is C14H23N3O2. The van der Waals surface area contributed by atoms with Crippen molar-refractivity contribution in [3.05, 3.63) is 12.2 Å². The Kier molecular flexibility index (Phi) is 4.45. The van der Waals surface area contributed by atoms with E-state index in [0.29, 0.717) is 13.1 Å². The summed E-state index contributed by atoms with van der Waals surface area (Å²) in [6.07, 6.45) is 7.34. The number of carbonyl (C=O) groups is 2. The smallest absolute Gasteiger partial charge is 0.318 e. The van der Waals surface area contributed by atoms with Crippen LogP contribution in [0.2, 0.25) is 0 Å². The van der Waals surface area contributed by atoms with Gasteiger partial charge >= 0.3 is 6.03 Å². The molecule has 1 aliphatic heterocycles. The van der Waals surface area contributed by atoms with Gasteiger partial charge in [-0.25, -0.2) is 4.79 Å². The minimum Gasteiger partial charge on any atom is -0.353 e. The van der Waals surface area contributed by atoms with Gasteiger partial charge in [0.25, 0.3) is 0 Å². The van der Waals surface area contributed by atoms with Gasteiger partial charge in [-0.05, 0) is 25.2 Å². The van der Waals surface area contributed by atoms with E-state index >= 15 is 0 Å². The fourth-order valence-corrected chi connectivity index (χ4v) is 2.75. The number of nitrogens with zero attached hydrogens (tertiary/aromatic N) is 1. The molecule has 0 aromatic rings. The Morgan fingerprint density at radius 1 is 1.53 bits per heavy atom. The van der Waals surface area contributed by atoms with Crippen LogP contribution in [0.5, 0.6) is 0 Å². The second kappa shape index (κ2) is 6.08. The Balaban J connectivity index is 2.01. The molecule has 2 aliphatic rings.